The Hall–Kier alpha value is -1.59. The molecule has 0 bridgehead atoms. The van der Waals surface area contributed by atoms with Crippen molar-refractivity contribution in [1.29, 1.82) is 0 Å². The van der Waals surface area contributed by atoms with Crippen LogP contribution in [0.25, 0.3) is 11.1 Å². The number of ether oxygens (including phenoxy) is 1. The highest BCUT2D eigenvalue weighted by Gasteiger charge is 2.12. The van der Waals surface area contributed by atoms with Crippen LogP contribution in [0.3, 0.4) is 0 Å². The van der Waals surface area contributed by atoms with E-state index in [1.165, 1.54) is 0 Å². The molecule has 0 fully saturated rings. The van der Waals surface area contributed by atoms with Crippen molar-refractivity contribution < 1.29 is 9.15 Å². The highest BCUT2D eigenvalue weighted by atomic mass is 16.5. The first-order chi connectivity index (χ1) is 10.1. The fourth-order valence-corrected chi connectivity index (χ4v) is 2.28. The summed E-state index contributed by atoms with van der Waals surface area (Å²) in [4.78, 5) is 4.53. The van der Waals surface area contributed by atoms with E-state index in [0.717, 1.165) is 35.5 Å². The number of hydrogen-bond acceptors (Lipinski definition) is 5. The van der Waals surface area contributed by atoms with Gasteiger partial charge in [-0.1, -0.05) is 13.8 Å². The Kier molecular flexibility index (Phi) is 5.59. The van der Waals surface area contributed by atoms with Crippen LogP contribution in [0, 0.1) is 0 Å². The van der Waals surface area contributed by atoms with E-state index < -0.39 is 0 Å². The molecule has 3 N–H and O–H groups in total. The number of fused-ring (bicyclic) bond motifs is 1. The van der Waals surface area contributed by atoms with Crippen LogP contribution in [0.5, 0.6) is 0 Å². The molecule has 116 valence electrons. The number of oxazole rings is 1. The van der Waals surface area contributed by atoms with Gasteiger partial charge in [0.2, 0.25) is 0 Å². The van der Waals surface area contributed by atoms with E-state index in [4.69, 9.17) is 14.9 Å². The van der Waals surface area contributed by atoms with E-state index in [-0.39, 0.29) is 6.04 Å². The normalized spacial score (nSPS) is 13.0. The van der Waals surface area contributed by atoms with Gasteiger partial charge in [0.25, 0.3) is 0 Å². The van der Waals surface area contributed by atoms with Crippen molar-refractivity contribution in [2.24, 2.45) is 5.73 Å². The Labute approximate surface area is 125 Å². The van der Waals surface area contributed by atoms with E-state index in [1.54, 1.807) is 7.11 Å². The van der Waals surface area contributed by atoms with Crippen LogP contribution in [-0.4, -0.2) is 31.3 Å². The number of anilines is 1. The minimum Gasteiger partial charge on any atom is -0.440 e. The molecule has 5 nitrogen and oxygen atoms in total. The number of nitrogens with one attached hydrogen (secondary N) is 1. The SMILES string of the molecule is COCC(CCCN)Nc1ccc2oc(C(C)C)nc2c1. The summed E-state index contributed by atoms with van der Waals surface area (Å²) in [6.07, 6.45) is 1.96. The van der Waals surface area contributed by atoms with Gasteiger partial charge in [-0.25, -0.2) is 4.98 Å². The third-order valence-corrected chi connectivity index (χ3v) is 3.39. The molecule has 0 aliphatic rings. The van der Waals surface area contributed by atoms with Gasteiger partial charge in [-0.15, -0.1) is 0 Å². The van der Waals surface area contributed by atoms with Gasteiger partial charge in [0.1, 0.15) is 5.52 Å². The number of benzene rings is 1. The van der Waals surface area contributed by atoms with E-state index in [2.05, 4.69) is 24.1 Å². The van der Waals surface area contributed by atoms with E-state index in [0.29, 0.717) is 19.1 Å². The van der Waals surface area contributed by atoms with Crippen LogP contribution in [0.4, 0.5) is 5.69 Å². The molecule has 2 rings (SSSR count). The maximum Gasteiger partial charge on any atom is 0.198 e. The topological polar surface area (TPSA) is 73.3 Å². The first kappa shape index (κ1) is 15.8. The second-order valence-electron chi connectivity index (χ2n) is 5.62. The zero-order chi connectivity index (χ0) is 15.2. The predicted octanol–water partition coefficient (Wildman–Crippen LogP) is 3.12. The minimum atomic E-state index is 0.257. The van der Waals surface area contributed by atoms with Gasteiger partial charge in [0.05, 0.1) is 6.61 Å². The Morgan fingerprint density at radius 1 is 1.38 bits per heavy atom. The summed E-state index contributed by atoms with van der Waals surface area (Å²) in [6.45, 7) is 5.51. The molecule has 21 heavy (non-hydrogen) atoms. The molecule has 1 atom stereocenters. The molecule has 1 unspecified atom stereocenters. The molecular weight excluding hydrogens is 266 g/mol. The Morgan fingerprint density at radius 3 is 2.86 bits per heavy atom. The lowest BCUT2D eigenvalue weighted by atomic mass is 10.1. The summed E-state index contributed by atoms with van der Waals surface area (Å²) in [5.41, 5.74) is 8.33. The van der Waals surface area contributed by atoms with Gasteiger partial charge in [0.15, 0.2) is 11.5 Å². The summed E-state index contributed by atoms with van der Waals surface area (Å²) in [7, 11) is 1.72. The third-order valence-electron chi connectivity index (χ3n) is 3.39. The number of hydrogen-bond donors (Lipinski definition) is 2. The van der Waals surface area contributed by atoms with E-state index in [9.17, 15) is 0 Å². The highest BCUT2D eigenvalue weighted by Crippen LogP contribution is 2.24. The lowest BCUT2D eigenvalue weighted by Crippen LogP contribution is -2.25. The lowest BCUT2D eigenvalue weighted by Gasteiger charge is -2.18. The van der Waals surface area contributed by atoms with Crippen LogP contribution < -0.4 is 11.1 Å². The quantitative estimate of drug-likeness (QED) is 0.781. The first-order valence-electron chi connectivity index (χ1n) is 7.50. The largest absolute Gasteiger partial charge is 0.440 e. The molecule has 0 aliphatic heterocycles. The summed E-state index contributed by atoms with van der Waals surface area (Å²) in [5, 5.41) is 3.48. The zero-order valence-electron chi connectivity index (χ0n) is 13.1. The fraction of sp³-hybridized carbons (Fsp3) is 0.562. The Morgan fingerprint density at radius 2 is 2.19 bits per heavy atom. The number of nitrogens with zero attached hydrogens (tertiary/aromatic N) is 1. The van der Waals surface area contributed by atoms with Crippen molar-refractivity contribution in [2.45, 2.75) is 38.6 Å². The standard InChI is InChI=1S/C16H25N3O2/c1-11(2)16-19-14-9-12(6-7-15(14)21-16)18-13(10-20-3)5-4-8-17/h6-7,9,11,13,18H,4-5,8,10,17H2,1-3H3. The van der Waals surface area contributed by atoms with Crippen LogP contribution >= 0.6 is 0 Å². The Bertz CT molecular complexity index is 566. The molecule has 0 aliphatic carbocycles. The van der Waals surface area contributed by atoms with E-state index in [1.807, 2.05) is 18.2 Å². The van der Waals surface area contributed by atoms with Gasteiger partial charge in [-0.3, -0.25) is 0 Å². The molecule has 0 saturated carbocycles. The highest BCUT2D eigenvalue weighted by molar-refractivity contribution is 5.77. The van der Waals surface area contributed by atoms with Crippen molar-refractivity contribution in [1.82, 2.24) is 4.98 Å². The van der Waals surface area contributed by atoms with Crippen LogP contribution in [0.2, 0.25) is 0 Å². The van der Waals surface area contributed by atoms with Crippen molar-refractivity contribution >= 4 is 16.8 Å². The smallest absolute Gasteiger partial charge is 0.198 e. The molecule has 0 radical (unpaired) electrons. The van der Waals surface area contributed by atoms with Crippen molar-refractivity contribution in [3.05, 3.63) is 24.1 Å². The van der Waals surface area contributed by atoms with Gasteiger partial charge >= 0.3 is 0 Å². The maximum atomic E-state index is 5.72. The van der Waals surface area contributed by atoms with Crippen molar-refractivity contribution in [3.8, 4) is 0 Å². The van der Waals surface area contributed by atoms with Crippen LogP contribution in [0.1, 0.15) is 38.5 Å². The van der Waals surface area contributed by atoms with Gasteiger partial charge in [0, 0.05) is 24.8 Å². The molecule has 1 heterocycles. The molecular formula is C16H25N3O2. The number of nitrogens with two attached hydrogens (primary N) is 1. The lowest BCUT2D eigenvalue weighted by molar-refractivity contribution is 0.182. The minimum absolute atomic E-state index is 0.257. The summed E-state index contributed by atoms with van der Waals surface area (Å²) >= 11 is 0. The number of methoxy groups -OCH3 is 1. The number of rotatable bonds is 8. The molecule has 1 aromatic heterocycles. The molecule has 0 spiro atoms. The van der Waals surface area contributed by atoms with Crippen LogP contribution in [0.15, 0.2) is 22.6 Å². The zero-order valence-corrected chi connectivity index (χ0v) is 13.1. The first-order valence-corrected chi connectivity index (χ1v) is 7.50. The van der Waals surface area contributed by atoms with Gasteiger partial charge in [-0.05, 0) is 37.6 Å². The third kappa shape index (κ3) is 4.19. The van der Waals surface area contributed by atoms with Crippen LogP contribution in [-0.2, 0) is 4.74 Å². The average Bonchev–Trinajstić information content (AvgIpc) is 2.88. The molecule has 2 aromatic rings. The fourth-order valence-electron chi connectivity index (χ4n) is 2.28. The summed E-state index contributed by atoms with van der Waals surface area (Å²) < 4.78 is 11.0. The monoisotopic (exact) mass is 291 g/mol. The average molecular weight is 291 g/mol. The summed E-state index contributed by atoms with van der Waals surface area (Å²) in [6, 6.07) is 6.26. The van der Waals surface area contributed by atoms with E-state index >= 15 is 0 Å². The Balaban J connectivity index is 2.13. The van der Waals surface area contributed by atoms with Crippen molar-refractivity contribution in [2.75, 3.05) is 25.6 Å². The van der Waals surface area contributed by atoms with Gasteiger partial charge in [-0.2, -0.15) is 0 Å². The van der Waals surface area contributed by atoms with Crippen molar-refractivity contribution in [3.63, 3.8) is 0 Å². The molecule has 0 amide bonds. The molecule has 5 heteroatoms. The number of aromatic nitrogens is 1. The second kappa shape index (κ2) is 7.43. The summed E-state index contributed by atoms with van der Waals surface area (Å²) in [5.74, 6) is 1.07. The second-order valence-corrected chi connectivity index (χ2v) is 5.62. The molecule has 0 saturated heterocycles. The molecule has 1 aromatic carbocycles. The maximum absolute atomic E-state index is 5.72. The van der Waals surface area contributed by atoms with Gasteiger partial charge < -0.3 is 20.2 Å². The predicted molar refractivity (Wildman–Crippen MR) is 85.7 cm³/mol.